The number of sulfonamides is 1. The number of hydrogen-bond donors (Lipinski definition) is 3. The van der Waals surface area contributed by atoms with Crippen LogP contribution in [-0.2, 0) is 38.9 Å². The summed E-state index contributed by atoms with van der Waals surface area (Å²) in [6.07, 6.45) is 5.63. The minimum Gasteiger partial charge on any atom is -0.493 e. The fourth-order valence-electron chi connectivity index (χ4n) is 4.02. The fraction of sp³-hybridized carbons (Fsp3) is 0.481. The number of carbonyl (C=O) groups excluding carboxylic acids is 2. The zero-order valence-electron chi connectivity index (χ0n) is 22.2. The lowest BCUT2D eigenvalue weighted by molar-refractivity contribution is -0.121. The zero-order chi connectivity index (χ0) is 27.3. The highest BCUT2D eigenvalue weighted by molar-refractivity contribution is 7.92. The van der Waals surface area contributed by atoms with Gasteiger partial charge >= 0.3 is 0 Å². The molecule has 0 aliphatic carbocycles. The van der Waals surface area contributed by atoms with Crippen LogP contribution in [0.2, 0.25) is 0 Å². The molecule has 0 fully saturated rings. The molecule has 10 heteroatoms. The van der Waals surface area contributed by atoms with E-state index in [0.717, 1.165) is 48.6 Å². The Balaban J connectivity index is 1.60. The van der Waals surface area contributed by atoms with Gasteiger partial charge in [-0.25, -0.2) is 8.42 Å². The molecule has 0 atom stereocenters. The van der Waals surface area contributed by atoms with Crippen LogP contribution in [-0.4, -0.2) is 53.8 Å². The van der Waals surface area contributed by atoms with Crippen molar-refractivity contribution in [2.24, 2.45) is 0 Å². The Morgan fingerprint density at radius 1 is 0.865 bits per heavy atom. The maximum absolute atomic E-state index is 12.4. The molecule has 2 amide bonds. The van der Waals surface area contributed by atoms with Crippen LogP contribution in [0.3, 0.4) is 0 Å². The lowest BCUT2D eigenvalue weighted by Crippen LogP contribution is -2.27. The third kappa shape index (κ3) is 10.7. The van der Waals surface area contributed by atoms with Crippen molar-refractivity contribution >= 4 is 27.5 Å². The van der Waals surface area contributed by atoms with E-state index in [1.54, 1.807) is 26.4 Å². The van der Waals surface area contributed by atoms with E-state index >= 15 is 0 Å². The Morgan fingerprint density at radius 3 is 2.19 bits per heavy atom. The number of hydrogen-bond acceptors (Lipinski definition) is 6. The third-order valence-electron chi connectivity index (χ3n) is 5.85. The van der Waals surface area contributed by atoms with Gasteiger partial charge in [-0.05, 0) is 55.0 Å². The van der Waals surface area contributed by atoms with Gasteiger partial charge in [0.25, 0.3) is 0 Å². The summed E-state index contributed by atoms with van der Waals surface area (Å²) in [5.74, 6) is 1.29. The molecule has 37 heavy (non-hydrogen) atoms. The number of methoxy groups -OCH3 is 2. The molecule has 0 saturated heterocycles. The van der Waals surface area contributed by atoms with Gasteiger partial charge in [0, 0.05) is 30.8 Å². The first-order valence-electron chi connectivity index (χ1n) is 12.5. The van der Waals surface area contributed by atoms with E-state index in [-0.39, 0.29) is 18.2 Å². The van der Waals surface area contributed by atoms with Crippen LogP contribution in [0.5, 0.6) is 11.5 Å². The van der Waals surface area contributed by atoms with Crippen molar-refractivity contribution in [2.75, 3.05) is 38.3 Å². The van der Waals surface area contributed by atoms with Crippen LogP contribution < -0.4 is 24.8 Å². The second-order valence-electron chi connectivity index (χ2n) is 8.80. The third-order valence-corrected chi connectivity index (χ3v) is 6.45. The van der Waals surface area contributed by atoms with E-state index < -0.39 is 10.0 Å². The summed E-state index contributed by atoms with van der Waals surface area (Å²) >= 11 is 0. The maximum Gasteiger partial charge on any atom is 0.229 e. The number of anilines is 1. The van der Waals surface area contributed by atoms with Crippen LogP contribution >= 0.6 is 0 Å². The van der Waals surface area contributed by atoms with Crippen LogP contribution in [0, 0.1) is 0 Å². The quantitative estimate of drug-likeness (QED) is 0.285. The van der Waals surface area contributed by atoms with Gasteiger partial charge in [0.1, 0.15) is 0 Å². The van der Waals surface area contributed by atoms with Gasteiger partial charge in [-0.3, -0.25) is 14.3 Å². The topological polar surface area (TPSA) is 123 Å². The van der Waals surface area contributed by atoms with Crippen LogP contribution in [0.25, 0.3) is 0 Å². The molecule has 204 valence electrons. The number of rotatable bonds is 16. The molecule has 3 N–H and O–H groups in total. The maximum atomic E-state index is 12.4. The second kappa shape index (κ2) is 15.1. The fourth-order valence-corrected chi connectivity index (χ4v) is 4.59. The Morgan fingerprint density at radius 2 is 1.57 bits per heavy atom. The van der Waals surface area contributed by atoms with Crippen molar-refractivity contribution in [3.8, 4) is 11.5 Å². The summed E-state index contributed by atoms with van der Waals surface area (Å²) < 4.78 is 35.7. The molecule has 0 heterocycles. The van der Waals surface area contributed by atoms with Gasteiger partial charge in [0.05, 0.1) is 26.9 Å². The van der Waals surface area contributed by atoms with Crippen molar-refractivity contribution in [3.63, 3.8) is 0 Å². The summed E-state index contributed by atoms with van der Waals surface area (Å²) in [5.41, 5.74) is 3.42. The summed E-state index contributed by atoms with van der Waals surface area (Å²) in [4.78, 5) is 24.5. The lowest BCUT2D eigenvalue weighted by Gasteiger charge is -2.16. The molecule has 0 radical (unpaired) electrons. The molecule has 2 aromatic rings. The smallest absolute Gasteiger partial charge is 0.229 e. The van der Waals surface area contributed by atoms with Crippen molar-refractivity contribution in [1.82, 2.24) is 10.6 Å². The highest BCUT2D eigenvalue weighted by Crippen LogP contribution is 2.34. The van der Waals surface area contributed by atoms with E-state index in [9.17, 15) is 18.0 Å². The van der Waals surface area contributed by atoms with Crippen molar-refractivity contribution in [3.05, 3.63) is 53.1 Å². The Hall–Kier alpha value is -3.27. The molecule has 0 aliphatic heterocycles. The predicted octanol–water partition coefficient (Wildman–Crippen LogP) is 3.22. The van der Waals surface area contributed by atoms with Gasteiger partial charge in [-0.2, -0.15) is 0 Å². The Bertz CT molecular complexity index is 1130. The van der Waals surface area contributed by atoms with Gasteiger partial charge < -0.3 is 20.1 Å². The van der Waals surface area contributed by atoms with Crippen molar-refractivity contribution in [1.29, 1.82) is 0 Å². The lowest BCUT2D eigenvalue weighted by atomic mass is 10.00. The highest BCUT2D eigenvalue weighted by atomic mass is 32.2. The van der Waals surface area contributed by atoms with Gasteiger partial charge in [0.15, 0.2) is 11.5 Å². The average molecular weight is 534 g/mol. The van der Waals surface area contributed by atoms with Gasteiger partial charge in [0.2, 0.25) is 21.8 Å². The number of nitrogens with one attached hydrogen (secondary N) is 3. The largest absolute Gasteiger partial charge is 0.493 e. The van der Waals surface area contributed by atoms with Gasteiger partial charge in [-0.1, -0.05) is 31.5 Å². The van der Waals surface area contributed by atoms with E-state index in [4.69, 9.17) is 9.47 Å². The van der Waals surface area contributed by atoms with Crippen LogP contribution in [0.1, 0.15) is 49.3 Å². The molecule has 0 bridgehead atoms. The zero-order valence-corrected chi connectivity index (χ0v) is 23.0. The summed E-state index contributed by atoms with van der Waals surface area (Å²) in [6, 6.07) is 10.8. The second-order valence-corrected chi connectivity index (χ2v) is 10.5. The van der Waals surface area contributed by atoms with Crippen LogP contribution in [0.4, 0.5) is 5.69 Å². The minimum absolute atomic E-state index is 0.0000492. The molecule has 2 aromatic carbocycles. The number of carbonyl (C=O) groups is 2. The van der Waals surface area contributed by atoms with Gasteiger partial charge in [-0.15, -0.1) is 0 Å². The first kappa shape index (κ1) is 30.0. The molecule has 0 aliphatic rings. The van der Waals surface area contributed by atoms with E-state index in [1.165, 1.54) is 0 Å². The normalized spacial score (nSPS) is 11.0. The Kier molecular flexibility index (Phi) is 12.2. The van der Waals surface area contributed by atoms with Crippen molar-refractivity contribution in [2.45, 2.75) is 51.9 Å². The first-order chi connectivity index (χ1) is 17.7. The highest BCUT2D eigenvalue weighted by Gasteiger charge is 2.15. The molecule has 0 aromatic heterocycles. The number of unbranched alkanes of at least 4 members (excludes halogenated alkanes) is 2. The van der Waals surface area contributed by atoms with E-state index in [2.05, 4.69) is 15.4 Å². The molecular weight excluding hydrogens is 494 g/mol. The molecular formula is C27H39N3O6S. The summed E-state index contributed by atoms with van der Waals surface area (Å²) in [7, 11) is -0.0989. The molecule has 0 unspecified atom stereocenters. The molecule has 0 spiro atoms. The predicted molar refractivity (Wildman–Crippen MR) is 146 cm³/mol. The molecule has 2 rings (SSSR count). The van der Waals surface area contributed by atoms with E-state index in [0.29, 0.717) is 43.1 Å². The Labute approximate surface area is 220 Å². The minimum atomic E-state index is -3.29. The monoisotopic (exact) mass is 533 g/mol. The number of ether oxygens (including phenoxy) is 2. The number of benzene rings is 2. The van der Waals surface area contributed by atoms with Crippen LogP contribution in [0.15, 0.2) is 36.4 Å². The van der Waals surface area contributed by atoms with E-state index in [1.807, 2.05) is 31.2 Å². The molecule has 0 saturated carbocycles. The van der Waals surface area contributed by atoms with Crippen molar-refractivity contribution < 1.29 is 27.5 Å². The summed E-state index contributed by atoms with van der Waals surface area (Å²) in [5, 5.41) is 5.87. The summed E-state index contributed by atoms with van der Waals surface area (Å²) in [6.45, 7) is 3.11. The molecule has 9 nitrogen and oxygen atoms in total. The number of amides is 2. The standard InChI is InChI=1S/C27H39N3O6S/c1-5-23-21(12-15-24(35-2)27(23)36-3)19-26(32)28-17-8-6-7-9-25(31)29-18-16-20-10-13-22(14-11-20)30-37(4,33)34/h10-15,30H,5-9,16-19H2,1-4H3,(H,28,32)(H,29,31). The SMILES string of the molecule is CCc1c(CC(=O)NCCCCCC(=O)NCCc2ccc(NS(C)(=O)=O)cc2)ccc(OC)c1OC. The first-order valence-corrected chi connectivity index (χ1v) is 14.4. The average Bonchev–Trinajstić information content (AvgIpc) is 2.85.